The highest BCUT2D eigenvalue weighted by atomic mass is 79.9. The zero-order valence-corrected chi connectivity index (χ0v) is 11.8. The molecule has 1 aromatic carbocycles. The van der Waals surface area contributed by atoms with Gasteiger partial charge in [-0.3, -0.25) is 4.72 Å². The standard InChI is InChI=1S/C8H6BrFN4O2S2/c9-4-1-7(6(11)2-5(4)10)18(15,16)14-8-13-12-3-17-8/h1-3H,11H2,(H,13,14). The van der Waals surface area contributed by atoms with E-state index < -0.39 is 15.8 Å². The Morgan fingerprint density at radius 2 is 2.17 bits per heavy atom. The molecule has 0 spiro atoms. The van der Waals surface area contributed by atoms with Crippen LogP contribution >= 0.6 is 27.3 Å². The van der Waals surface area contributed by atoms with E-state index in [2.05, 4.69) is 30.8 Å². The zero-order valence-electron chi connectivity index (χ0n) is 8.59. The van der Waals surface area contributed by atoms with Gasteiger partial charge in [0.15, 0.2) is 0 Å². The minimum atomic E-state index is -3.92. The van der Waals surface area contributed by atoms with Crippen LogP contribution in [0.3, 0.4) is 0 Å². The molecule has 1 heterocycles. The molecule has 0 amide bonds. The van der Waals surface area contributed by atoms with Gasteiger partial charge in [0.05, 0.1) is 10.2 Å². The number of hydrogen-bond donors (Lipinski definition) is 2. The third kappa shape index (κ3) is 2.60. The second-order valence-electron chi connectivity index (χ2n) is 3.15. The lowest BCUT2D eigenvalue weighted by Crippen LogP contribution is -2.15. The number of nitrogen functional groups attached to an aromatic ring is 1. The molecule has 0 aliphatic carbocycles. The van der Waals surface area contributed by atoms with Crippen molar-refractivity contribution in [2.45, 2.75) is 4.90 Å². The van der Waals surface area contributed by atoms with Crippen molar-refractivity contribution >= 4 is 48.1 Å². The average Bonchev–Trinajstić information content (AvgIpc) is 2.75. The average molecular weight is 353 g/mol. The Morgan fingerprint density at radius 3 is 2.78 bits per heavy atom. The summed E-state index contributed by atoms with van der Waals surface area (Å²) in [5.41, 5.74) is 6.68. The maximum atomic E-state index is 13.2. The van der Waals surface area contributed by atoms with Crippen LogP contribution in [0.15, 0.2) is 27.0 Å². The summed E-state index contributed by atoms with van der Waals surface area (Å²) in [6.07, 6.45) is 0. The Balaban J connectivity index is 2.44. The lowest BCUT2D eigenvalue weighted by atomic mass is 10.3. The lowest BCUT2D eigenvalue weighted by molar-refractivity contribution is 0.599. The summed E-state index contributed by atoms with van der Waals surface area (Å²) in [5, 5.41) is 7.15. The van der Waals surface area contributed by atoms with Gasteiger partial charge >= 0.3 is 0 Å². The second kappa shape index (κ2) is 4.78. The number of benzene rings is 1. The first-order valence-corrected chi connectivity index (χ1v) is 7.59. The van der Waals surface area contributed by atoms with Crippen molar-refractivity contribution in [1.82, 2.24) is 10.2 Å². The van der Waals surface area contributed by atoms with E-state index in [1.54, 1.807) is 0 Å². The zero-order chi connectivity index (χ0) is 13.3. The number of sulfonamides is 1. The highest BCUT2D eigenvalue weighted by Gasteiger charge is 2.20. The van der Waals surface area contributed by atoms with E-state index in [1.807, 2.05) is 0 Å². The number of nitrogens with one attached hydrogen (secondary N) is 1. The second-order valence-corrected chi connectivity index (χ2v) is 6.49. The monoisotopic (exact) mass is 352 g/mol. The third-order valence-electron chi connectivity index (χ3n) is 1.92. The van der Waals surface area contributed by atoms with Crippen molar-refractivity contribution in [3.8, 4) is 0 Å². The molecule has 2 rings (SSSR count). The largest absolute Gasteiger partial charge is 0.398 e. The highest BCUT2D eigenvalue weighted by Crippen LogP contribution is 2.27. The van der Waals surface area contributed by atoms with Crippen molar-refractivity contribution in [3.05, 3.63) is 27.9 Å². The molecule has 0 fully saturated rings. The van der Waals surface area contributed by atoms with Crippen LogP contribution in [0.4, 0.5) is 15.2 Å². The Labute approximate surface area is 114 Å². The van der Waals surface area contributed by atoms with Gasteiger partial charge in [-0.25, -0.2) is 12.8 Å². The normalized spacial score (nSPS) is 11.4. The van der Waals surface area contributed by atoms with Crippen molar-refractivity contribution < 1.29 is 12.8 Å². The molecule has 2 aromatic rings. The minimum absolute atomic E-state index is 0.00865. The summed E-state index contributed by atoms with van der Waals surface area (Å²) in [6, 6.07) is 2.02. The van der Waals surface area contributed by atoms with Crippen molar-refractivity contribution in [2.24, 2.45) is 0 Å². The molecular formula is C8H6BrFN4O2S2. The van der Waals surface area contributed by atoms with Gasteiger partial charge in [0, 0.05) is 0 Å². The Hall–Kier alpha value is -1.26. The molecule has 96 valence electrons. The van der Waals surface area contributed by atoms with Gasteiger partial charge in [0.1, 0.15) is 16.2 Å². The summed E-state index contributed by atoms with van der Waals surface area (Å²) in [4.78, 5) is -0.231. The van der Waals surface area contributed by atoms with Gasteiger partial charge in [0.2, 0.25) is 5.13 Å². The van der Waals surface area contributed by atoms with E-state index in [0.29, 0.717) is 0 Å². The summed E-state index contributed by atoms with van der Waals surface area (Å²) in [7, 11) is -3.92. The van der Waals surface area contributed by atoms with E-state index >= 15 is 0 Å². The van der Waals surface area contributed by atoms with Crippen molar-refractivity contribution in [2.75, 3.05) is 10.5 Å². The van der Waals surface area contributed by atoms with Gasteiger partial charge < -0.3 is 5.73 Å². The van der Waals surface area contributed by atoms with Crippen molar-refractivity contribution in [3.63, 3.8) is 0 Å². The number of nitrogens with zero attached hydrogens (tertiary/aromatic N) is 2. The first-order chi connectivity index (χ1) is 8.40. The summed E-state index contributed by atoms with van der Waals surface area (Å²) < 4.78 is 39.3. The minimum Gasteiger partial charge on any atom is -0.398 e. The molecule has 0 saturated carbocycles. The molecule has 1 aromatic heterocycles. The van der Waals surface area contributed by atoms with Gasteiger partial charge in [-0.1, -0.05) is 11.3 Å². The fourth-order valence-corrected chi connectivity index (χ4v) is 3.49. The molecular weight excluding hydrogens is 347 g/mol. The van der Waals surface area contributed by atoms with Gasteiger partial charge in [0.25, 0.3) is 10.0 Å². The molecule has 0 saturated heterocycles. The number of anilines is 2. The SMILES string of the molecule is Nc1cc(F)c(Br)cc1S(=O)(=O)Nc1nncs1. The van der Waals surface area contributed by atoms with E-state index in [9.17, 15) is 12.8 Å². The fraction of sp³-hybridized carbons (Fsp3) is 0. The topological polar surface area (TPSA) is 98.0 Å². The summed E-state index contributed by atoms with van der Waals surface area (Å²) >= 11 is 3.92. The van der Waals surface area contributed by atoms with E-state index in [4.69, 9.17) is 5.73 Å². The van der Waals surface area contributed by atoms with Crippen LogP contribution in [0.2, 0.25) is 0 Å². The molecule has 0 bridgehead atoms. The number of halogens is 2. The predicted molar refractivity (Wildman–Crippen MR) is 69.2 cm³/mol. The van der Waals surface area contributed by atoms with E-state index in [0.717, 1.165) is 23.5 Å². The molecule has 18 heavy (non-hydrogen) atoms. The molecule has 0 unspecified atom stereocenters. The molecule has 0 atom stereocenters. The van der Waals surface area contributed by atoms with Crippen LogP contribution in [0.25, 0.3) is 0 Å². The Bertz CT molecular complexity index is 675. The van der Waals surface area contributed by atoms with Crippen molar-refractivity contribution in [1.29, 1.82) is 0 Å². The number of aromatic nitrogens is 2. The molecule has 0 aliphatic heterocycles. The molecule has 0 radical (unpaired) electrons. The summed E-state index contributed by atoms with van der Waals surface area (Å²) in [6.45, 7) is 0. The van der Waals surface area contributed by atoms with Crippen LogP contribution in [-0.2, 0) is 10.0 Å². The molecule has 3 N–H and O–H groups in total. The molecule has 6 nitrogen and oxygen atoms in total. The quantitative estimate of drug-likeness (QED) is 0.821. The predicted octanol–water partition coefficient (Wildman–Crippen LogP) is 1.82. The van der Waals surface area contributed by atoms with Gasteiger partial charge in [-0.05, 0) is 28.1 Å². The summed E-state index contributed by atoms with van der Waals surface area (Å²) in [5.74, 6) is -0.637. The Kier molecular flexibility index (Phi) is 3.50. The highest BCUT2D eigenvalue weighted by molar-refractivity contribution is 9.10. The van der Waals surface area contributed by atoms with Crippen LogP contribution in [0, 0.1) is 5.82 Å². The Morgan fingerprint density at radius 1 is 1.44 bits per heavy atom. The smallest absolute Gasteiger partial charge is 0.265 e. The first kappa shape index (κ1) is 13.2. The van der Waals surface area contributed by atoms with Gasteiger partial charge in [-0.2, -0.15) is 0 Å². The third-order valence-corrected chi connectivity index (χ3v) is 4.66. The number of rotatable bonds is 3. The van der Waals surface area contributed by atoms with Crippen LogP contribution < -0.4 is 10.5 Å². The molecule has 10 heteroatoms. The van der Waals surface area contributed by atoms with Crippen LogP contribution in [0.1, 0.15) is 0 Å². The van der Waals surface area contributed by atoms with E-state index in [1.165, 1.54) is 5.51 Å². The molecule has 0 aliphatic rings. The maximum Gasteiger partial charge on any atom is 0.265 e. The number of nitrogens with two attached hydrogens (primary N) is 1. The maximum absolute atomic E-state index is 13.2. The van der Waals surface area contributed by atoms with Crippen LogP contribution in [0.5, 0.6) is 0 Å². The van der Waals surface area contributed by atoms with Gasteiger partial charge in [-0.15, -0.1) is 10.2 Å². The van der Waals surface area contributed by atoms with Crippen LogP contribution in [-0.4, -0.2) is 18.6 Å². The lowest BCUT2D eigenvalue weighted by Gasteiger charge is -2.08. The first-order valence-electron chi connectivity index (χ1n) is 4.43. The fourth-order valence-electron chi connectivity index (χ4n) is 1.16. The van der Waals surface area contributed by atoms with E-state index in [-0.39, 0.29) is 20.2 Å². The number of hydrogen-bond acceptors (Lipinski definition) is 6.